The number of aromatic nitrogens is 1. The molecule has 0 saturated heterocycles. The Morgan fingerprint density at radius 1 is 1.04 bits per heavy atom. The van der Waals surface area contributed by atoms with Crippen molar-refractivity contribution in [3.63, 3.8) is 0 Å². The Kier molecular flexibility index (Phi) is 9.65. The number of ether oxygens (including phenoxy) is 3. The molecule has 2 aromatic rings. The molecular weight excluding hydrogens is 356 g/mol. The van der Waals surface area contributed by atoms with Gasteiger partial charge in [0.05, 0.1) is 6.61 Å². The van der Waals surface area contributed by atoms with E-state index in [1.165, 1.54) is 0 Å². The first-order chi connectivity index (χ1) is 13.8. The van der Waals surface area contributed by atoms with Crippen molar-refractivity contribution in [2.45, 2.75) is 26.8 Å². The van der Waals surface area contributed by atoms with E-state index in [9.17, 15) is 0 Å². The van der Waals surface area contributed by atoms with Gasteiger partial charge in [0.1, 0.15) is 0 Å². The summed E-state index contributed by atoms with van der Waals surface area (Å²) in [4.78, 5) is 8.60. The van der Waals surface area contributed by atoms with Crippen LogP contribution in [0.5, 0.6) is 17.4 Å². The van der Waals surface area contributed by atoms with E-state index in [1.807, 2.05) is 50.2 Å². The number of hydrogen-bond donors (Lipinski definition) is 2. The third-order valence-corrected chi connectivity index (χ3v) is 3.81. The predicted molar refractivity (Wildman–Crippen MR) is 111 cm³/mol. The van der Waals surface area contributed by atoms with Gasteiger partial charge >= 0.3 is 0 Å². The standard InChI is InChI=1S/C21H30N4O3/c1-4-26-14-8-13-23-21(22-3)25-16-17-11-12-20(24-15-17)28-19-10-7-6-9-18(19)27-5-2/h6-7,9-12,15H,4-5,8,13-14,16H2,1-3H3,(H2,22,23,25). The van der Waals surface area contributed by atoms with E-state index in [0.717, 1.165) is 37.7 Å². The summed E-state index contributed by atoms with van der Waals surface area (Å²) in [6, 6.07) is 11.4. The Morgan fingerprint density at radius 2 is 1.86 bits per heavy atom. The SMILES string of the molecule is CCOCCCNC(=NC)NCc1ccc(Oc2ccccc2OCC)nc1. The van der Waals surface area contributed by atoms with E-state index in [0.29, 0.717) is 30.5 Å². The minimum absolute atomic E-state index is 0.523. The summed E-state index contributed by atoms with van der Waals surface area (Å²) >= 11 is 0. The molecule has 1 aromatic heterocycles. The van der Waals surface area contributed by atoms with Crippen molar-refractivity contribution in [1.82, 2.24) is 15.6 Å². The number of benzene rings is 1. The molecule has 0 fully saturated rings. The van der Waals surface area contributed by atoms with Crippen LogP contribution >= 0.6 is 0 Å². The zero-order valence-corrected chi connectivity index (χ0v) is 16.9. The largest absolute Gasteiger partial charge is 0.490 e. The first-order valence-electron chi connectivity index (χ1n) is 9.63. The maximum absolute atomic E-state index is 5.84. The average molecular weight is 386 g/mol. The van der Waals surface area contributed by atoms with E-state index in [-0.39, 0.29) is 0 Å². The van der Waals surface area contributed by atoms with Crippen LogP contribution in [-0.4, -0.2) is 44.4 Å². The van der Waals surface area contributed by atoms with Gasteiger partial charge in [-0.1, -0.05) is 18.2 Å². The Balaban J connectivity index is 1.82. The van der Waals surface area contributed by atoms with Crippen LogP contribution in [0.2, 0.25) is 0 Å². The van der Waals surface area contributed by atoms with Crippen LogP contribution in [0, 0.1) is 0 Å². The lowest BCUT2D eigenvalue weighted by molar-refractivity contribution is 0.145. The van der Waals surface area contributed by atoms with E-state index < -0.39 is 0 Å². The second-order valence-electron chi connectivity index (χ2n) is 5.89. The normalized spacial score (nSPS) is 11.2. The number of para-hydroxylation sites is 2. The molecular formula is C21H30N4O3. The van der Waals surface area contributed by atoms with E-state index in [4.69, 9.17) is 14.2 Å². The van der Waals surface area contributed by atoms with Crippen LogP contribution in [-0.2, 0) is 11.3 Å². The van der Waals surface area contributed by atoms with Gasteiger partial charge in [0.15, 0.2) is 17.5 Å². The Morgan fingerprint density at radius 3 is 2.54 bits per heavy atom. The van der Waals surface area contributed by atoms with Gasteiger partial charge < -0.3 is 24.8 Å². The molecule has 2 rings (SSSR count). The maximum atomic E-state index is 5.84. The molecule has 0 saturated carbocycles. The summed E-state index contributed by atoms with van der Waals surface area (Å²) in [7, 11) is 1.75. The molecule has 7 nitrogen and oxygen atoms in total. The van der Waals surface area contributed by atoms with Gasteiger partial charge in [0, 0.05) is 45.6 Å². The van der Waals surface area contributed by atoms with Crippen molar-refractivity contribution < 1.29 is 14.2 Å². The van der Waals surface area contributed by atoms with Gasteiger partial charge in [-0.2, -0.15) is 0 Å². The molecule has 0 atom stereocenters. The summed E-state index contributed by atoms with van der Waals surface area (Å²) < 4.78 is 16.7. The number of nitrogens with zero attached hydrogens (tertiary/aromatic N) is 2. The molecule has 0 bridgehead atoms. The molecule has 1 aromatic carbocycles. The van der Waals surface area contributed by atoms with Gasteiger partial charge in [-0.3, -0.25) is 4.99 Å². The quantitative estimate of drug-likeness (QED) is 0.350. The Bertz CT molecular complexity index is 720. The molecule has 7 heteroatoms. The van der Waals surface area contributed by atoms with Crippen LogP contribution in [0.4, 0.5) is 0 Å². The molecule has 152 valence electrons. The molecule has 0 spiro atoms. The molecule has 2 N–H and O–H groups in total. The topological polar surface area (TPSA) is 77.0 Å². The summed E-state index contributed by atoms with van der Waals surface area (Å²) in [6.45, 7) is 7.45. The fourth-order valence-electron chi connectivity index (χ4n) is 2.43. The van der Waals surface area contributed by atoms with Gasteiger partial charge in [-0.25, -0.2) is 4.98 Å². The second kappa shape index (κ2) is 12.6. The van der Waals surface area contributed by atoms with E-state index in [2.05, 4.69) is 20.6 Å². The van der Waals surface area contributed by atoms with Gasteiger partial charge in [-0.05, 0) is 38.0 Å². The smallest absolute Gasteiger partial charge is 0.219 e. The molecule has 0 aliphatic rings. The van der Waals surface area contributed by atoms with Crippen molar-refractivity contribution >= 4 is 5.96 Å². The van der Waals surface area contributed by atoms with Crippen molar-refractivity contribution in [3.8, 4) is 17.4 Å². The summed E-state index contributed by atoms with van der Waals surface area (Å²) in [6.07, 6.45) is 2.72. The monoisotopic (exact) mass is 386 g/mol. The third kappa shape index (κ3) is 7.44. The molecule has 0 amide bonds. The first kappa shape index (κ1) is 21.5. The third-order valence-electron chi connectivity index (χ3n) is 3.81. The lowest BCUT2D eigenvalue weighted by Crippen LogP contribution is -2.37. The fourth-order valence-corrected chi connectivity index (χ4v) is 2.43. The highest BCUT2D eigenvalue weighted by Crippen LogP contribution is 2.30. The summed E-state index contributed by atoms with van der Waals surface area (Å²) in [5.74, 6) is 2.63. The van der Waals surface area contributed by atoms with Crippen molar-refractivity contribution in [3.05, 3.63) is 48.2 Å². The highest BCUT2D eigenvalue weighted by molar-refractivity contribution is 5.79. The van der Waals surface area contributed by atoms with Crippen LogP contribution in [0.3, 0.4) is 0 Å². The van der Waals surface area contributed by atoms with Crippen LogP contribution in [0.15, 0.2) is 47.6 Å². The van der Waals surface area contributed by atoms with Crippen molar-refractivity contribution in [1.29, 1.82) is 0 Å². The lowest BCUT2D eigenvalue weighted by Gasteiger charge is -2.13. The average Bonchev–Trinajstić information content (AvgIpc) is 2.73. The zero-order chi connectivity index (χ0) is 20.0. The Labute approximate surface area is 167 Å². The molecule has 0 radical (unpaired) electrons. The highest BCUT2D eigenvalue weighted by Gasteiger charge is 2.06. The van der Waals surface area contributed by atoms with E-state index >= 15 is 0 Å². The molecule has 1 heterocycles. The van der Waals surface area contributed by atoms with Gasteiger partial charge in [0.25, 0.3) is 0 Å². The molecule has 0 unspecified atom stereocenters. The van der Waals surface area contributed by atoms with E-state index in [1.54, 1.807) is 13.2 Å². The molecule has 0 aliphatic heterocycles. The number of pyridine rings is 1. The van der Waals surface area contributed by atoms with Crippen LogP contribution < -0.4 is 20.1 Å². The predicted octanol–water partition coefficient (Wildman–Crippen LogP) is 3.36. The molecule has 28 heavy (non-hydrogen) atoms. The minimum atomic E-state index is 0.523. The summed E-state index contributed by atoms with van der Waals surface area (Å²) in [5.41, 5.74) is 1.03. The second-order valence-corrected chi connectivity index (χ2v) is 5.89. The Hall–Kier alpha value is -2.80. The summed E-state index contributed by atoms with van der Waals surface area (Å²) in [5, 5.41) is 6.53. The van der Waals surface area contributed by atoms with Crippen molar-refractivity contribution in [2.75, 3.05) is 33.4 Å². The number of hydrogen-bond acceptors (Lipinski definition) is 5. The minimum Gasteiger partial charge on any atom is -0.490 e. The van der Waals surface area contributed by atoms with Crippen LogP contribution in [0.25, 0.3) is 0 Å². The van der Waals surface area contributed by atoms with Crippen molar-refractivity contribution in [2.24, 2.45) is 4.99 Å². The van der Waals surface area contributed by atoms with Gasteiger partial charge in [-0.15, -0.1) is 0 Å². The maximum Gasteiger partial charge on any atom is 0.219 e. The number of rotatable bonds is 11. The lowest BCUT2D eigenvalue weighted by atomic mass is 10.3. The van der Waals surface area contributed by atoms with Gasteiger partial charge in [0.2, 0.25) is 5.88 Å². The fraction of sp³-hybridized carbons (Fsp3) is 0.429. The molecule has 0 aliphatic carbocycles. The number of guanidine groups is 1. The highest BCUT2D eigenvalue weighted by atomic mass is 16.5. The van der Waals surface area contributed by atoms with Crippen LogP contribution in [0.1, 0.15) is 25.8 Å². The number of nitrogens with one attached hydrogen (secondary N) is 2. The number of aliphatic imine (C=N–C) groups is 1. The first-order valence-corrected chi connectivity index (χ1v) is 9.63. The zero-order valence-electron chi connectivity index (χ0n) is 16.9.